The van der Waals surface area contributed by atoms with Gasteiger partial charge >= 0.3 is 0 Å². The molecule has 0 radical (unpaired) electrons. The molecule has 0 saturated carbocycles. The number of nitrogens with one attached hydrogen (secondary N) is 1. The number of methoxy groups -OCH3 is 1. The Morgan fingerprint density at radius 3 is 2.62 bits per heavy atom. The summed E-state index contributed by atoms with van der Waals surface area (Å²) in [5.74, 6) is 0.620. The van der Waals surface area contributed by atoms with Crippen LogP contribution in [0.2, 0.25) is 0 Å². The first kappa shape index (κ1) is 14.2. The van der Waals surface area contributed by atoms with Crippen molar-refractivity contribution in [2.45, 2.75) is 9.79 Å². The molecular weight excluding hydrogens is 354 g/mol. The van der Waals surface area contributed by atoms with E-state index in [0.717, 1.165) is 10.9 Å². The molecule has 108 valence electrons. The predicted octanol–water partition coefficient (Wildman–Crippen LogP) is 3.77. The van der Waals surface area contributed by atoms with Crippen molar-refractivity contribution in [3.8, 4) is 5.75 Å². The molecule has 0 fully saturated rings. The fraction of sp³-hybridized carbons (Fsp3) is 0.0667. The van der Waals surface area contributed by atoms with Crippen molar-refractivity contribution in [1.82, 2.24) is 4.98 Å². The predicted molar refractivity (Wildman–Crippen MR) is 84.4 cm³/mol. The lowest BCUT2D eigenvalue weighted by atomic mass is 10.2. The normalized spacial score (nSPS) is 11.7. The number of rotatable bonds is 3. The Balaban J connectivity index is 2.22. The molecule has 3 aromatic rings. The lowest BCUT2D eigenvalue weighted by molar-refractivity contribution is 0.419. The van der Waals surface area contributed by atoms with Crippen LogP contribution in [0.4, 0.5) is 0 Å². The number of ether oxygens (including phenoxy) is 1. The van der Waals surface area contributed by atoms with Gasteiger partial charge in [-0.3, -0.25) is 0 Å². The van der Waals surface area contributed by atoms with Crippen molar-refractivity contribution in [2.75, 3.05) is 7.11 Å². The number of hydrogen-bond donors (Lipinski definition) is 1. The molecule has 6 heteroatoms. The van der Waals surface area contributed by atoms with Gasteiger partial charge in [0, 0.05) is 21.6 Å². The minimum Gasteiger partial charge on any atom is -0.495 e. The topological polar surface area (TPSA) is 59.2 Å². The maximum atomic E-state index is 12.7. The summed E-state index contributed by atoms with van der Waals surface area (Å²) >= 11 is 3.29. The van der Waals surface area contributed by atoms with Crippen LogP contribution in [-0.4, -0.2) is 20.5 Å². The molecule has 0 aliphatic heterocycles. The second kappa shape index (κ2) is 5.20. The number of hydrogen-bond acceptors (Lipinski definition) is 3. The van der Waals surface area contributed by atoms with E-state index in [-0.39, 0.29) is 9.79 Å². The van der Waals surface area contributed by atoms with Crippen LogP contribution >= 0.6 is 15.9 Å². The van der Waals surface area contributed by atoms with Gasteiger partial charge in [-0.15, -0.1) is 0 Å². The standard InChI is InChI=1S/C15H12BrNO3S/c1-20-14-9-17-13-7-6-10(8-11(13)14)21(18,19)15-5-3-2-4-12(15)16/h2-9,17H,1H3. The molecule has 0 atom stereocenters. The third kappa shape index (κ3) is 2.34. The summed E-state index contributed by atoms with van der Waals surface area (Å²) in [5, 5.41) is 0.741. The summed E-state index contributed by atoms with van der Waals surface area (Å²) in [6.45, 7) is 0. The highest BCUT2D eigenvalue weighted by atomic mass is 79.9. The van der Waals surface area contributed by atoms with E-state index in [9.17, 15) is 8.42 Å². The molecular formula is C15H12BrNO3S. The Hall–Kier alpha value is -1.79. The van der Waals surface area contributed by atoms with Crippen molar-refractivity contribution < 1.29 is 13.2 Å². The zero-order valence-corrected chi connectivity index (χ0v) is 13.5. The lowest BCUT2D eigenvalue weighted by Crippen LogP contribution is -2.02. The van der Waals surface area contributed by atoms with Gasteiger partial charge in [0.15, 0.2) is 0 Å². The molecule has 0 saturated heterocycles. The SMILES string of the molecule is COc1c[nH]c2ccc(S(=O)(=O)c3ccccc3Br)cc12. The summed E-state index contributed by atoms with van der Waals surface area (Å²) in [4.78, 5) is 3.52. The van der Waals surface area contributed by atoms with Crippen molar-refractivity contribution >= 4 is 36.7 Å². The van der Waals surface area contributed by atoms with Gasteiger partial charge in [0.05, 0.1) is 16.9 Å². The second-order valence-electron chi connectivity index (χ2n) is 4.50. The maximum Gasteiger partial charge on any atom is 0.207 e. The first-order valence-corrected chi connectivity index (χ1v) is 8.46. The third-order valence-electron chi connectivity index (χ3n) is 3.27. The fourth-order valence-corrected chi connectivity index (χ4v) is 4.48. The van der Waals surface area contributed by atoms with Crippen molar-refractivity contribution in [2.24, 2.45) is 0 Å². The molecule has 1 N–H and O–H groups in total. The smallest absolute Gasteiger partial charge is 0.207 e. The van der Waals surface area contributed by atoms with E-state index < -0.39 is 9.84 Å². The average Bonchev–Trinajstić information content (AvgIpc) is 2.89. The molecule has 0 unspecified atom stereocenters. The van der Waals surface area contributed by atoms with E-state index in [1.54, 1.807) is 55.8 Å². The molecule has 1 aromatic heterocycles. The minimum absolute atomic E-state index is 0.236. The molecule has 0 aliphatic rings. The molecule has 1 heterocycles. The summed E-state index contributed by atoms with van der Waals surface area (Å²) in [5.41, 5.74) is 0.831. The Kier molecular flexibility index (Phi) is 3.51. The number of H-pyrrole nitrogens is 1. The Morgan fingerprint density at radius 2 is 1.90 bits per heavy atom. The third-order valence-corrected chi connectivity index (χ3v) is 6.04. The summed E-state index contributed by atoms with van der Waals surface area (Å²) < 4.78 is 31.3. The summed E-state index contributed by atoms with van der Waals surface area (Å²) in [6.07, 6.45) is 1.71. The van der Waals surface area contributed by atoms with E-state index >= 15 is 0 Å². The van der Waals surface area contributed by atoms with Crippen LogP contribution in [0.1, 0.15) is 0 Å². The first-order chi connectivity index (χ1) is 10.0. The van der Waals surface area contributed by atoms with E-state index in [0.29, 0.717) is 10.2 Å². The largest absolute Gasteiger partial charge is 0.495 e. The van der Waals surface area contributed by atoms with Crippen LogP contribution in [0.5, 0.6) is 5.75 Å². The van der Waals surface area contributed by atoms with Gasteiger partial charge in [0.1, 0.15) is 5.75 Å². The number of benzene rings is 2. The van der Waals surface area contributed by atoms with Gasteiger partial charge in [0.25, 0.3) is 0 Å². The van der Waals surface area contributed by atoms with E-state index in [4.69, 9.17) is 4.74 Å². The Bertz CT molecular complexity index is 916. The van der Waals surface area contributed by atoms with Crippen molar-refractivity contribution in [3.05, 3.63) is 53.1 Å². The van der Waals surface area contributed by atoms with Gasteiger partial charge in [-0.2, -0.15) is 0 Å². The van der Waals surface area contributed by atoms with Gasteiger partial charge < -0.3 is 9.72 Å². The van der Waals surface area contributed by atoms with Gasteiger partial charge in [-0.1, -0.05) is 12.1 Å². The number of sulfone groups is 1. The Labute approximate surface area is 130 Å². The quantitative estimate of drug-likeness (QED) is 0.768. The van der Waals surface area contributed by atoms with Gasteiger partial charge in [-0.05, 0) is 46.3 Å². The molecule has 0 bridgehead atoms. The van der Waals surface area contributed by atoms with E-state index in [1.165, 1.54) is 0 Å². The van der Waals surface area contributed by atoms with Crippen molar-refractivity contribution in [3.63, 3.8) is 0 Å². The highest BCUT2D eigenvalue weighted by molar-refractivity contribution is 9.10. The average molecular weight is 366 g/mol. The van der Waals surface area contributed by atoms with Gasteiger partial charge in [0.2, 0.25) is 9.84 Å². The molecule has 3 rings (SSSR count). The minimum atomic E-state index is -3.58. The monoisotopic (exact) mass is 365 g/mol. The maximum absolute atomic E-state index is 12.7. The Morgan fingerprint density at radius 1 is 1.14 bits per heavy atom. The zero-order valence-electron chi connectivity index (χ0n) is 11.1. The number of fused-ring (bicyclic) bond motifs is 1. The molecule has 0 spiro atoms. The zero-order chi connectivity index (χ0) is 15.0. The van der Waals surface area contributed by atoms with Gasteiger partial charge in [-0.25, -0.2) is 8.42 Å². The van der Waals surface area contributed by atoms with Crippen LogP contribution < -0.4 is 4.74 Å². The number of halogens is 1. The highest BCUT2D eigenvalue weighted by Crippen LogP contribution is 2.32. The van der Waals surface area contributed by atoms with Crippen LogP contribution in [0.3, 0.4) is 0 Å². The molecule has 21 heavy (non-hydrogen) atoms. The van der Waals surface area contributed by atoms with Crippen LogP contribution in [0.25, 0.3) is 10.9 Å². The number of aromatic nitrogens is 1. The van der Waals surface area contributed by atoms with Crippen LogP contribution in [0.15, 0.2) is 62.9 Å². The lowest BCUT2D eigenvalue weighted by Gasteiger charge is -2.07. The summed E-state index contributed by atoms with van der Waals surface area (Å²) in [6, 6.07) is 11.7. The van der Waals surface area contributed by atoms with E-state index in [2.05, 4.69) is 20.9 Å². The molecule has 2 aromatic carbocycles. The molecule has 4 nitrogen and oxygen atoms in total. The van der Waals surface area contributed by atoms with Crippen LogP contribution in [0, 0.1) is 0 Å². The fourth-order valence-electron chi connectivity index (χ4n) is 2.20. The highest BCUT2D eigenvalue weighted by Gasteiger charge is 2.21. The first-order valence-electron chi connectivity index (χ1n) is 6.19. The van der Waals surface area contributed by atoms with Crippen molar-refractivity contribution in [1.29, 1.82) is 0 Å². The second-order valence-corrected chi connectivity index (χ2v) is 7.27. The molecule has 0 amide bonds. The number of aromatic amines is 1. The van der Waals surface area contributed by atoms with Crippen LogP contribution in [-0.2, 0) is 9.84 Å². The molecule has 0 aliphatic carbocycles. The van der Waals surface area contributed by atoms with E-state index in [1.807, 2.05) is 0 Å². The summed E-state index contributed by atoms with van der Waals surface area (Å²) in [7, 11) is -2.03.